The highest BCUT2D eigenvalue weighted by Gasteiger charge is 2.08. The lowest BCUT2D eigenvalue weighted by molar-refractivity contribution is 0.223. The predicted molar refractivity (Wildman–Crippen MR) is 115 cm³/mol. The molecular weight excluding hydrogens is 364 g/mol. The van der Waals surface area contributed by atoms with Crippen LogP contribution in [0.25, 0.3) is 5.69 Å². The Morgan fingerprint density at radius 1 is 1.14 bits per heavy atom. The minimum Gasteiger partial charge on any atom is -0.489 e. The lowest BCUT2D eigenvalue weighted by Crippen LogP contribution is -2.41. The summed E-state index contributed by atoms with van der Waals surface area (Å²) in [5.41, 5.74) is 2.20. The number of hydrogen-bond donors (Lipinski definition) is 2. The maximum absolute atomic E-state index is 5.98. The number of rotatable bonds is 8. The average molecular weight is 393 g/mol. The van der Waals surface area contributed by atoms with E-state index >= 15 is 0 Å². The maximum atomic E-state index is 5.98. The first-order valence-electron chi connectivity index (χ1n) is 9.85. The van der Waals surface area contributed by atoms with Gasteiger partial charge in [-0.05, 0) is 50.6 Å². The van der Waals surface area contributed by atoms with E-state index in [2.05, 4.69) is 38.8 Å². The van der Waals surface area contributed by atoms with Crippen molar-refractivity contribution in [3.05, 3.63) is 72.3 Å². The number of nitrogens with one attached hydrogen (secondary N) is 2. The lowest BCUT2D eigenvalue weighted by atomic mass is 10.2. The summed E-state index contributed by atoms with van der Waals surface area (Å²) in [7, 11) is 0. The summed E-state index contributed by atoms with van der Waals surface area (Å²) in [6, 6.07) is 18.1. The monoisotopic (exact) mass is 392 g/mol. The Balaban J connectivity index is 1.60. The van der Waals surface area contributed by atoms with Crippen molar-refractivity contribution in [3.63, 3.8) is 0 Å². The van der Waals surface area contributed by atoms with Gasteiger partial charge in [-0.1, -0.05) is 30.3 Å². The Morgan fingerprint density at radius 2 is 1.97 bits per heavy atom. The van der Waals surface area contributed by atoms with Gasteiger partial charge in [0, 0.05) is 12.2 Å². The standard InChI is InChI=1S/C22H28N6O/c1-4-23-22(24-14-18(3)29-20-12-8-9-17(2)13-20)25-15-21-27-26-16-28(21)19-10-6-5-7-11-19/h5-13,16,18H,4,14-15H2,1-3H3,(H2,23,24,25). The van der Waals surface area contributed by atoms with Crippen LogP contribution in [0.15, 0.2) is 65.9 Å². The third kappa shape index (κ3) is 6.07. The highest BCUT2D eigenvalue weighted by atomic mass is 16.5. The maximum Gasteiger partial charge on any atom is 0.191 e. The molecule has 1 atom stereocenters. The van der Waals surface area contributed by atoms with Gasteiger partial charge in [0.25, 0.3) is 0 Å². The van der Waals surface area contributed by atoms with Crippen LogP contribution in [-0.4, -0.2) is 39.9 Å². The summed E-state index contributed by atoms with van der Waals surface area (Å²) in [6.07, 6.45) is 1.70. The smallest absolute Gasteiger partial charge is 0.191 e. The van der Waals surface area contributed by atoms with Crippen molar-refractivity contribution in [3.8, 4) is 11.4 Å². The largest absolute Gasteiger partial charge is 0.489 e. The van der Waals surface area contributed by atoms with Gasteiger partial charge in [0.15, 0.2) is 11.8 Å². The number of aliphatic imine (C=N–C) groups is 1. The third-order valence-corrected chi connectivity index (χ3v) is 4.26. The second-order valence-corrected chi connectivity index (χ2v) is 6.77. The molecule has 0 saturated heterocycles. The number of aromatic nitrogens is 3. The zero-order chi connectivity index (χ0) is 20.5. The molecule has 0 aliphatic heterocycles. The molecule has 0 radical (unpaired) electrons. The Morgan fingerprint density at radius 3 is 2.72 bits per heavy atom. The molecule has 2 N–H and O–H groups in total. The second kappa shape index (κ2) is 10.3. The molecule has 29 heavy (non-hydrogen) atoms. The number of aryl methyl sites for hydroxylation is 1. The lowest BCUT2D eigenvalue weighted by Gasteiger charge is -2.18. The van der Waals surface area contributed by atoms with Gasteiger partial charge < -0.3 is 15.4 Å². The fraction of sp³-hybridized carbons (Fsp3) is 0.318. The van der Waals surface area contributed by atoms with E-state index in [-0.39, 0.29) is 6.10 Å². The Kier molecular flexibility index (Phi) is 7.22. The summed E-state index contributed by atoms with van der Waals surface area (Å²) in [5, 5.41) is 14.8. The number of benzene rings is 2. The number of para-hydroxylation sites is 1. The zero-order valence-corrected chi connectivity index (χ0v) is 17.2. The highest BCUT2D eigenvalue weighted by molar-refractivity contribution is 5.79. The fourth-order valence-corrected chi connectivity index (χ4v) is 2.87. The van der Waals surface area contributed by atoms with E-state index in [0.717, 1.165) is 29.8 Å². The highest BCUT2D eigenvalue weighted by Crippen LogP contribution is 2.14. The Bertz CT molecular complexity index is 922. The van der Waals surface area contributed by atoms with Gasteiger partial charge in [-0.25, -0.2) is 4.99 Å². The van der Waals surface area contributed by atoms with E-state index in [1.54, 1.807) is 6.33 Å². The third-order valence-electron chi connectivity index (χ3n) is 4.26. The van der Waals surface area contributed by atoms with Crippen LogP contribution < -0.4 is 15.4 Å². The van der Waals surface area contributed by atoms with Crippen LogP contribution in [0.2, 0.25) is 0 Å². The molecule has 1 aromatic heterocycles. The van der Waals surface area contributed by atoms with Crippen LogP contribution >= 0.6 is 0 Å². The van der Waals surface area contributed by atoms with Gasteiger partial charge >= 0.3 is 0 Å². The molecule has 3 aromatic rings. The van der Waals surface area contributed by atoms with Gasteiger partial charge in [-0.3, -0.25) is 4.57 Å². The van der Waals surface area contributed by atoms with E-state index in [9.17, 15) is 0 Å². The molecule has 0 aliphatic rings. The molecule has 0 fully saturated rings. The van der Waals surface area contributed by atoms with Gasteiger partial charge in [-0.2, -0.15) is 0 Å². The molecule has 0 aliphatic carbocycles. The molecule has 1 unspecified atom stereocenters. The van der Waals surface area contributed by atoms with Crippen LogP contribution in [0.5, 0.6) is 5.75 Å². The first-order chi connectivity index (χ1) is 14.2. The molecule has 152 valence electrons. The number of guanidine groups is 1. The van der Waals surface area contributed by atoms with Gasteiger partial charge in [-0.15, -0.1) is 10.2 Å². The van der Waals surface area contributed by atoms with Crippen LogP contribution in [0, 0.1) is 6.92 Å². The molecule has 7 nitrogen and oxygen atoms in total. The van der Waals surface area contributed by atoms with Crippen molar-refractivity contribution in [2.45, 2.75) is 33.4 Å². The van der Waals surface area contributed by atoms with Gasteiger partial charge in [0.1, 0.15) is 24.7 Å². The van der Waals surface area contributed by atoms with E-state index in [1.807, 2.05) is 66.9 Å². The summed E-state index contributed by atoms with van der Waals surface area (Å²) in [4.78, 5) is 4.65. The molecule has 2 aromatic carbocycles. The summed E-state index contributed by atoms with van der Waals surface area (Å²) >= 11 is 0. The second-order valence-electron chi connectivity index (χ2n) is 6.77. The average Bonchev–Trinajstić information content (AvgIpc) is 3.19. The van der Waals surface area contributed by atoms with Crippen molar-refractivity contribution in [1.29, 1.82) is 0 Å². The number of ether oxygens (including phenoxy) is 1. The molecule has 0 saturated carbocycles. The molecule has 3 rings (SSSR count). The normalized spacial score (nSPS) is 12.4. The summed E-state index contributed by atoms with van der Waals surface area (Å²) < 4.78 is 7.92. The molecule has 7 heteroatoms. The molecular formula is C22H28N6O. The van der Waals surface area contributed by atoms with Gasteiger partial charge in [0.2, 0.25) is 0 Å². The summed E-state index contributed by atoms with van der Waals surface area (Å²) in [6.45, 7) is 7.94. The van der Waals surface area contributed by atoms with Crippen LogP contribution in [0.4, 0.5) is 0 Å². The molecule has 0 amide bonds. The fourth-order valence-electron chi connectivity index (χ4n) is 2.87. The Labute approximate surface area is 171 Å². The van der Waals surface area contributed by atoms with Crippen LogP contribution in [0.1, 0.15) is 25.2 Å². The SMILES string of the molecule is CCNC(=NCc1nncn1-c1ccccc1)NCC(C)Oc1cccc(C)c1. The van der Waals surface area contributed by atoms with E-state index in [1.165, 1.54) is 5.56 Å². The molecule has 0 spiro atoms. The van der Waals surface area contributed by atoms with Crippen LogP contribution in [-0.2, 0) is 6.54 Å². The van der Waals surface area contributed by atoms with E-state index in [0.29, 0.717) is 13.1 Å². The first kappa shape index (κ1) is 20.4. The number of nitrogens with zero attached hydrogens (tertiary/aromatic N) is 4. The Hall–Kier alpha value is -3.35. The van der Waals surface area contributed by atoms with Crippen molar-refractivity contribution in [2.24, 2.45) is 4.99 Å². The van der Waals surface area contributed by atoms with Gasteiger partial charge in [0.05, 0.1) is 6.54 Å². The van der Waals surface area contributed by atoms with Crippen LogP contribution in [0.3, 0.4) is 0 Å². The minimum atomic E-state index is -0.00590. The van der Waals surface area contributed by atoms with Crippen molar-refractivity contribution in [2.75, 3.05) is 13.1 Å². The zero-order valence-electron chi connectivity index (χ0n) is 17.2. The predicted octanol–water partition coefficient (Wildman–Crippen LogP) is 3.10. The van der Waals surface area contributed by atoms with Crippen molar-refractivity contribution in [1.82, 2.24) is 25.4 Å². The summed E-state index contributed by atoms with van der Waals surface area (Å²) in [5.74, 6) is 2.37. The quantitative estimate of drug-likeness (QED) is 0.455. The first-order valence-corrected chi connectivity index (χ1v) is 9.85. The van der Waals surface area contributed by atoms with Crippen molar-refractivity contribution >= 4 is 5.96 Å². The van der Waals surface area contributed by atoms with E-state index in [4.69, 9.17) is 4.74 Å². The molecule has 0 bridgehead atoms. The van der Waals surface area contributed by atoms with E-state index < -0.39 is 0 Å². The molecule has 1 heterocycles. The van der Waals surface area contributed by atoms with Crippen molar-refractivity contribution < 1.29 is 4.74 Å². The topological polar surface area (TPSA) is 76.4 Å². The minimum absolute atomic E-state index is 0.00590. The number of hydrogen-bond acceptors (Lipinski definition) is 4.